The molecule has 6 heteroatoms. The topological polar surface area (TPSA) is 63.1 Å². The van der Waals surface area contributed by atoms with E-state index in [1.807, 2.05) is 29.8 Å². The van der Waals surface area contributed by atoms with Gasteiger partial charge in [-0.1, -0.05) is 30.3 Å². The first-order valence-electron chi connectivity index (χ1n) is 9.10. The molecule has 6 nitrogen and oxygen atoms in total. The van der Waals surface area contributed by atoms with E-state index in [0.29, 0.717) is 12.5 Å². The van der Waals surface area contributed by atoms with Gasteiger partial charge in [-0.05, 0) is 44.2 Å². The number of likely N-dealkylation sites (tertiary alicyclic amines) is 1. The molecule has 1 saturated heterocycles. The molecule has 1 N–H and O–H groups in total. The van der Waals surface area contributed by atoms with Crippen LogP contribution in [0.25, 0.3) is 0 Å². The van der Waals surface area contributed by atoms with E-state index in [0.717, 1.165) is 32.5 Å². The Balaban J connectivity index is 1.44. The Bertz CT molecular complexity index is 643. The van der Waals surface area contributed by atoms with Crippen LogP contribution in [0.4, 0.5) is 0 Å². The molecule has 0 unspecified atom stereocenters. The fourth-order valence-corrected chi connectivity index (χ4v) is 3.48. The zero-order chi connectivity index (χ0) is 17.5. The second-order valence-corrected chi connectivity index (χ2v) is 6.82. The average Bonchev–Trinajstić information content (AvgIpc) is 3.15. The van der Waals surface area contributed by atoms with Crippen LogP contribution < -0.4 is 5.32 Å². The molecule has 1 amide bonds. The van der Waals surface area contributed by atoms with E-state index in [1.165, 1.54) is 12.0 Å². The molecule has 0 aliphatic carbocycles. The van der Waals surface area contributed by atoms with E-state index >= 15 is 0 Å². The van der Waals surface area contributed by atoms with Gasteiger partial charge in [0.1, 0.15) is 12.7 Å². The van der Waals surface area contributed by atoms with E-state index in [4.69, 9.17) is 0 Å². The minimum atomic E-state index is -0.0886. The van der Waals surface area contributed by atoms with Gasteiger partial charge in [0.2, 0.25) is 5.91 Å². The Morgan fingerprint density at radius 2 is 2.20 bits per heavy atom. The van der Waals surface area contributed by atoms with Crippen molar-refractivity contribution in [2.24, 2.45) is 5.92 Å². The second kappa shape index (κ2) is 8.76. The molecule has 0 spiro atoms. The summed E-state index contributed by atoms with van der Waals surface area (Å²) in [5.41, 5.74) is 1.25. The van der Waals surface area contributed by atoms with E-state index in [1.54, 1.807) is 12.7 Å². The molecule has 134 valence electrons. The molecule has 0 saturated carbocycles. The van der Waals surface area contributed by atoms with Crippen molar-refractivity contribution in [3.05, 3.63) is 48.5 Å². The molecule has 2 atom stereocenters. The number of carbonyl (C=O) groups is 1. The number of nitrogens with zero attached hydrogens (tertiary/aromatic N) is 4. The highest BCUT2D eigenvalue weighted by atomic mass is 16.2. The molecule has 1 aliphatic rings. The van der Waals surface area contributed by atoms with Crippen molar-refractivity contribution in [1.82, 2.24) is 25.0 Å². The summed E-state index contributed by atoms with van der Waals surface area (Å²) < 4.78 is 1.89. The highest BCUT2D eigenvalue weighted by molar-refractivity contribution is 5.81. The standard InChI is InChI=1S/C19H27N5O/c1-16(19(25)21-10-9-17-6-3-2-4-7-17)23-11-5-8-18(12-23)13-24-15-20-14-22-24/h2-4,6-7,14-16,18H,5,8-13H2,1H3,(H,21,25)/t16-,18+/m1/s1. The normalized spacial score (nSPS) is 19.5. The predicted molar refractivity (Wildman–Crippen MR) is 96.9 cm³/mol. The fourth-order valence-electron chi connectivity index (χ4n) is 3.48. The van der Waals surface area contributed by atoms with Crippen molar-refractivity contribution in [2.45, 2.75) is 38.8 Å². The highest BCUT2D eigenvalue weighted by Gasteiger charge is 2.27. The van der Waals surface area contributed by atoms with Gasteiger partial charge in [0.25, 0.3) is 0 Å². The number of aromatic nitrogens is 3. The van der Waals surface area contributed by atoms with E-state index in [-0.39, 0.29) is 11.9 Å². The number of hydrogen-bond donors (Lipinski definition) is 1. The molecule has 1 aromatic heterocycles. The van der Waals surface area contributed by atoms with Crippen molar-refractivity contribution in [3.63, 3.8) is 0 Å². The third-order valence-corrected chi connectivity index (χ3v) is 4.95. The molecule has 1 aromatic carbocycles. The summed E-state index contributed by atoms with van der Waals surface area (Å²) >= 11 is 0. The quantitative estimate of drug-likeness (QED) is 0.833. The van der Waals surface area contributed by atoms with E-state index in [9.17, 15) is 4.79 Å². The van der Waals surface area contributed by atoms with Crippen LogP contribution in [0.2, 0.25) is 0 Å². The van der Waals surface area contributed by atoms with Crippen LogP contribution in [0.1, 0.15) is 25.3 Å². The number of hydrogen-bond acceptors (Lipinski definition) is 4. The van der Waals surface area contributed by atoms with Crippen molar-refractivity contribution in [2.75, 3.05) is 19.6 Å². The number of carbonyl (C=O) groups excluding carboxylic acids is 1. The lowest BCUT2D eigenvalue weighted by molar-refractivity contribution is -0.126. The smallest absolute Gasteiger partial charge is 0.237 e. The molecular weight excluding hydrogens is 314 g/mol. The number of benzene rings is 1. The van der Waals surface area contributed by atoms with Gasteiger partial charge in [0, 0.05) is 19.6 Å². The van der Waals surface area contributed by atoms with Gasteiger partial charge >= 0.3 is 0 Å². The van der Waals surface area contributed by atoms with Gasteiger partial charge < -0.3 is 5.32 Å². The van der Waals surface area contributed by atoms with Gasteiger partial charge in [-0.2, -0.15) is 5.10 Å². The summed E-state index contributed by atoms with van der Waals surface area (Å²) in [5.74, 6) is 0.646. The number of rotatable bonds is 7. The van der Waals surface area contributed by atoms with Gasteiger partial charge in [-0.15, -0.1) is 0 Å². The molecule has 1 fully saturated rings. The zero-order valence-electron chi connectivity index (χ0n) is 14.8. The SMILES string of the molecule is C[C@H](C(=O)NCCc1ccccc1)N1CCC[C@H](Cn2cncn2)C1. The first-order valence-corrected chi connectivity index (χ1v) is 9.10. The third-order valence-electron chi connectivity index (χ3n) is 4.95. The van der Waals surface area contributed by atoms with Crippen LogP contribution in [0.15, 0.2) is 43.0 Å². The predicted octanol–water partition coefficient (Wildman–Crippen LogP) is 1.74. The summed E-state index contributed by atoms with van der Waals surface area (Å²) in [6.07, 6.45) is 6.51. The molecule has 1 aliphatic heterocycles. The first kappa shape index (κ1) is 17.6. The van der Waals surface area contributed by atoms with Crippen LogP contribution in [-0.2, 0) is 17.8 Å². The lowest BCUT2D eigenvalue weighted by Gasteiger charge is -2.36. The van der Waals surface area contributed by atoms with Crippen molar-refractivity contribution >= 4 is 5.91 Å². The summed E-state index contributed by atoms with van der Waals surface area (Å²) in [6.45, 7) is 5.49. The number of piperidine rings is 1. The maximum absolute atomic E-state index is 12.5. The van der Waals surface area contributed by atoms with Crippen LogP contribution >= 0.6 is 0 Å². The van der Waals surface area contributed by atoms with Crippen LogP contribution in [0.5, 0.6) is 0 Å². The minimum absolute atomic E-state index is 0.0886. The lowest BCUT2D eigenvalue weighted by Crippen LogP contribution is -2.49. The number of amides is 1. The lowest BCUT2D eigenvalue weighted by atomic mass is 9.96. The molecular formula is C19H27N5O. The maximum atomic E-state index is 12.5. The summed E-state index contributed by atoms with van der Waals surface area (Å²) in [4.78, 5) is 18.8. The van der Waals surface area contributed by atoms with Crippen LogP contribution in [-0.4, -0.2) is 51.2 Å². The highest BCUT2D eigenvalue weighted by Crippen LogP contribution is 2.20. The summed E-state index contributed by atoms with van der Waals surface area (Å²) in [5, 5.41) is 7.27. The Kier molecular flexibility index (Phi) is 6.17. The van der Waals surface area contributed by atoms with E-state index < -0.39 is 0 Å². The van der Waals surface area contributed by atoms with Crippen molar-refractivity contribution < 1.29 is 4.79 Å². The average molecular weight is 341 g/mol. The molecule has 25 heavy (non-hydrogen) atoms. The van der Waals surface area contributed by atoms with Crippen molar-refractivity contribution in [3.8, 4) is 0 Å². The summed E-state index contributed by atoms with van der Waals surface area (Å²) in [7, 11) is 0. The molecule has 2 heterocycles. The zero-order valence-corrected chi connectivity index (χ0v) is 14.8. The van der Waals surface area contributed by atoms with Crippen LogP contribution in [0, 0.1) is 5.92 Å². The Morgan fingerprint density at radius 1 is 1.36 bits per heavy atom. The molecule has 3 rings (SSSR count). The maximum Gasteiger partial charge on any atom is 0.237 e. The van der Waals surface area contributed by atoms with Gasteiger partial charge in [0.05, 0.1) is 6.04 Å². The first-order chi connectivity index (χ1) is 12.2. The fraction of sp³-hybridized carbons (Fsp3) is 0.526. The van der Waals surface area contributed by atoms with E-state index in [2.05, 4.69) is 32.4 Å². The summed E-state index contributed by atoms with van der Waals surface area (Å²) in [6, 6.07) is 10.2. The molecule has 0 radical (unpaired) electrons. The Morgan fingerprint density at radius 3 is 2.96 bits per heavy atom. The second-order valence-electron chi connectivity index (χ2n) is 6.82. The monoisotopic (exact) mass is 341 g/mol. The minimum Gasteiger partial charge on any atom is -0.354 e. The molecule has 2 aromatic rings. The van der Waals surface area contributed by atoms with Gasteiger partial charge in [0.15, 0.2) is 0 Å². The van der Waals surface area contributed by atoms with Crippen LogP contribution in [0.3, 0.4) is 0 Å². The Labute approximate surface area is 149 Å². The number of nitrogens with one attached hydrogen (secondary N) is 1. The largest absolute Gasteiger partial charge is 0.354 e. The third kappa shape index (κ3) is 5.13. The molecule has 0 bridgehead atoms. The Hall–Kier alpha value is -2.21. The van der Waals surface area contributed by atoms with Gasteiger partial charge in [-0.3, -0.25) is 14.4 Å². The van der Waals surface area contributed by atoms with Crippen molar-refractivity contribution in [1.29, 1.82) is 0 Å². The van der Waals surface area contributed by atoms with Gasteiger partial charge in [-0.25, -0.2) is 4.98 Å².